The van der Waals surface area contributed by atoms with Crippen LogP contribution in [0, 0.1) is 5.41 Å². The highest BCUT2D eigenvalue weighted by Crippen LogP contribution is 2.61. The summed E-state index contributed by atoms with van der Waals surface area (Å²) >= 11 is 4.85. The summed E-state index contributed by atoms with van der Waals surface area (Å²) in [6, 6.07) is 2.24. The molecule has 1 aromatic rings. The molecule has 1 atom stereocenters. The van der Waals surface area contributed by atoms with Gasteiger partial charge in [-0.2, -0.15) is 0 Å². The third kappa shape index (κ3) is 2.24. The Balaban J connectivity index is 1.50. The molecule has 1 spiro atoms. The van der Waals surface area contributed by atoms with Gasteiger partial charge in [0, 0.05) is 22.5 Å². The van der Waals surface area contributed by atoms with Gasteiger partial charge in [-0.1, -0.05) is 0 Å². The van der Waals surface area contributed by atoms with Crippen LogP contribution in [0.3, 0.4) is 0 Å². The zero-order valence-electron chi connectivity index (χ0n) is 10.2. The second kappa shape index (κ2) is 4.62. The first-order valence-corrected chi connectivity index (χ1v) is 7.97. The minimum Gasteiger partial charge on any atom is -0.378 e. The molecule has 5 heteroatoms. The van der Waals surface area contributed by atoms with Crippen LogP contribution in [0.15, 0.2) is 15.9 Å². The lowest BCUT2D eigenvalue weighted by Gasteiger charge is -2.36. The van der Waals surface area contributed by atoms with Crippen molar-refractivity contribution in [2.24, 2.45) is 5.41 Å². The lowest BCUT2D eigenvalue weighted by atomic mass is 9.78. The van der Waals surface area contributed by atoms with E-state index in [1.807, 2.05) is 18.4 Å². The molecule has 98 valence electrons. The van der Waals surface area contributed by atoms with E-state index in [-0.39, 0.29) is 5.91 Å². The summed E-state index contributed by atoms with van der Waals surface area (Å²) in [5.41, 5.74) is 0.365. The van der Waals surface area contributed by atoms with Crippen LogP contribution in [0.4, 0.5) is 0 Å². The van der Waals surface area contributed by atoms with Crippen LogP contribution in [0.5, 0.6) is 0 Å². The summed E-state index contributed by atoms with van der Waals surface area (Å²) in [7, 11) is 0. The van der Waals surface area contributed by atoms with Gasteiger partial charge in [0.15, 0.2) is 0 Å². The van der Waals surface area contributed by atoms with Gasteiger partial charge in [0.2, 0.25) is 0 Å². The molecule has 2 aliphatic carbocycles. The fourth-order valence-corrected chi connectivity index (χ4v) is 4.19. The Labute approximate surface area is 119 Å². The standard InChI is InChI=1S/C13H16BrNO2S/c1-2-17-9-4-13(5-9)6-11(13)15-12(16)10-3-8(14)7-18-10/h3,7,9,11H,2,4-6H2,1H3,(H,15,16). The Bertz CT molecular complexity index is 467. The zero-order valence-corrected chi connectivity index (χ0v) is 12.6. The van der Waals surface area contributed by atoms with E-state index in [0.717, 1.165) is 35.2 Å². The summed E-state index contributed by atoms with van der Waals surface area (Å²) in [6.45, 7) is 2.83. The molecule has 0 aliphatic heterocycles. The van der Waals surface area contributed by atoms with Crippen molar-refractivity contribution < 1.29 is 9.53 Å². The predicted octanol–water partition coefficient (Wildman–Crippen LogP) is 3.20. The molecule has 0 saturated heterocycles. The first kappa shape index (κ1) is 12.6. The number of ether oxygens (including phenoxy) is 1. The predicted molar refractivity (Wildman–Crippen MR) is 75.0 cm³/mol. The van der Waals surface area contributed by atoms with Crippen LogP contribution in [0.1, 0.15) is 35.9 Å². The van der Waals surface area contributed by atoms with Gasteiger partial charge in [-0.3, -0.25) is 4.79 Å². The molecule has 0 aromatic carbocycles. The molecule has 1 heterocycles. The SMILES string of the molecule is CCOC1CC2(C1)CC2NC(=O)c1cc(Br)cs1. The number of hydrogen-bond donors (Lipinski definition) is 1. The van der Waals surface area contributed by atoms with E-state index in [0.29, 0.717) is 17.6 Å². The van der Waals surface area contributed by atoms with Gasteiger partial charge >= 0.3 is 0 Å². The van der Waals surface area contributed by atoms with Crippen LogP contribution in [-0.4, -0.2) is 24.7 Å². The van der Waals surface area contributed by atoms with E-state index in [1.165, 1.54) is 11.3 Å². The maximum absolute atomic E-state index is 12.0. The molecular weight excluding hydrogens is 314 g/mol. The van der Waals surface area contributed by atoms with E-state index in [9.17, 15) is 4.79 Å². The Kier molecular flexibility index (Phi) is 3.24. The summed E-state index contributed by atoms with van der Waals surface area (Å²) in [5, 5.41) is 5.07. The molecule has 0 radical (unpaired) electrons. The largest absolute Gasteiger partial charge is 0.378 e. The molecule has 1 amide bonds. The smallest absolute Gasteiger partial charge is 0.261 e. The number of thiophene rings is 1. The van der Waals surface area contributed by atoms with Crippen molar-refractivity contribution >= 4 is 33.2 Å². The lowest BCUT2D eigenvalue weighted by Crippen LogP contribution is -2.39. The number of carbonyl (C=O) groups excluding carboxylic acids is 1. The van der Waals surface area contributed by atoms with E-state index in [1.54, 1.807) is 0 Å². The van der Waals surface area contributed by atoms with Crippen LogP contribution >= 0.6 is 27.3 Å². The molecule has 3 nitrogen and oxygen atoms in total. The van der Waals surface area contributed by atoms with Crippen molar-refractivity contribution in [3.63, 3.8) is 0 Å². The van der Waals surface area contributed by atoms with Crippen molar-refractivity contribution in [3.8, 4) is 0 Å². The minimum absolute atomic E-state index is 0.0624. The molecule has 2 aliphatic rings. The van der Waals surface area contributed by atoms with Crippen molar-refractivity contribution in [1.29, 1.82) is 0 Å². The van der Waals surface area contributed by atoms with E-state index in [2.05, 4.69) is 21.2 Å². The van der Waals surface area contributed by atoms with Crippen LogP contribution < -0.4 is 5.32 Å². The molecule has 2 fully saturated rings. The van der Waals surface area contributed by atoms with E-state index >= 15 is 0 Å². The highest BCUT2D eigenvalue weighted by molar-refractivity contribution is 9.10. The summed E-state index contributed by atoms with van der Waals surface area (Å²) in [5.74, 6) is 0.0624. The van der Waals surface area contributed by atoms with Crippen molar-refractivity contribution in [2.75, 3.05) is 6.61 Å². The van der Waals surface area contributed by atoms with Crippen LogP contribution in [0.2, 0.25) is 0 Å². The van der Waals surface area contributed by atoms with Crippen molar-refractivity contribution in [2.45, 2.75) is 38.3 Å². The van der Waals surface area contributed by atoms with E-state index in [4.69, 9.17) is 4.74 Å². The molecule has 3 rings (SSSR count). The topological polar surface area (TPSA) is 38.3 Å². The Morgan fingerprint density at radius 2 is 2.39 bits per heavy atom. The number of amides is 1. The maximum atomic E-state index is 12.0. The average molecular weight is 330 g/mol. The average Bonchev–Trinajstić information content (AvgIpc) is 2.80. The van der Waals surface area contributed by atoms with E-state index < -0.39 is 0 Å². The molecule has 2 saturated carbocycles. The first-order valence-electron chi connectivity index (χ1n) is 6.29. The molecule has 1 aromatic heterocycles. The number of rotatable bonds is 4. The van der Waals surface area contributed by atoms with Gasteiger partial charge in [-0.05, 0) is 53.6 Å². The Morgan fingerprint density at radius 1 is 1.61 bits per heavy atom. The van der Waals surface area contributed by atoms with Crippen LogP contribution in [-0.2, 0) is 4.74 Å². The molecule has 0 bridgehead atoms. The minimum atomic E-state index is 0.0624. The second-order valence-electron chi connectivity index (χ2n) is 5.21. The fourth-order valence-electron chi connectivity index (χ4n) is 2.87. The molecule has 18 heavy (non-hydrogen) atoms. The van der Waals surface area contributed by atoms with Gasteiger partial charge in [-0.15, -0.1) is 11.3 Å². The number of hydrogen-bond acceptors (Lipinski definition) is 3. The van der Waals surface area contributed by atoms with Gasteiger partial charge in [0.25, 0.3) is 5.91 Å². The monoisotopic (exact) mass is 329 g/mol. The summed E-state index contributed by atoms with van der Waals surface area (Å²) in [4.78, 5) is 12.8. The quantitative estimate of drug-likeness (QED) is 0.921. The Morgan fingerprint density at radius 3 is 3.00 bits per heavy atom. The highest BCUT2D eigenvalue weighted by Gasteiger charge is 2.62. The number of carbonyl (C=O) groups is 1. The highest BCUT2D eigenvalue weighted by atomic mass is 79.9. The van der Waals surface area contributed by atoms with Crippen molar-refractivity contribution in [3.05, 3.63) is 20.8 Å². The maximum Gasteiger partial charge on any atom is 0.261 e. The van der Waals surface area contributed by atoms with Gasteiger partial charge in [0.05, 0.1) is 11.0 Å². The van der Waals surface area contributed by atoms with Crippen LogP contribution in [0.25, 0.3) is 0 Å². The first-order chi connectivity index (χ1) is 8.63. The number of halogens is 1. The third-order valence-electron chi connectivity index (χ3n) is 3.96. The van der Waals surface area contributed by atoms with Crippen molar-refractivity contribution in [1.82, 2.24) is 5.32 Å². The van der Waals surface area contributed by atoms with Gasteiger partial charge in [-0.25, -0.2) is 0 Å². The van der Waals surface area contributed by atoms with Gasteiger partial charge in [0.1, 0.15) is 0 Å². The fraction of sp³-hybridized carbons (Fsp3) is 0.615. The normalized spacial score (nSPS) is 33.2. The lowest BCUT2D eigenvalue weighted by molar-refractivity contribution is -0.0374. The second-order valence-corrected chi connectivity index (χ2v) is 7.03. The summed E-state index contributed by atoms with van der Waals surface area (Å²) in [6.07, 6.45) is 3.77. The molecule has 1 N–H and O–H groups in total. The molecule has 1 unspecified atom stereocenters. The Hall–Kier alpha value is -0.390. The zero-order chi connectivity index (χ0) is 12.8. The third-order valence-corrected chi connectivity index (χ3v) is 5.65. The molecular formula is C13H16BrNO2S. The summed E-state index contributed by atoms with van der Waals surface area (Å²) < 4.78 is 6.55. The number of nitrogens with one attached hydrogen (secondary N) is 1. The van der Waals surface area contributed by atoms with Gasteiger partial charge < -0.3 is 10.1 Å².